The van der Waals surface area contributed by atoms with Crippen molar-refractivity contribution in [2.45, 2.75) is 13.8 Å². The number of halogens is 1. The van der Waals surface area contributed by atoms with Gasteiger partial charge >= 0.3 is 0 Å². The molecule has 0 unspecified atom stereocenters. The lowest BCUT2D eigenvalue weighted by atomic mass is 10.2. The Morgan fingerprint density at radius 2 is 2.00 bits per heavy atom. The van der Waals surface area contributed by atoms with Gasteiger partial charge in [-0.25, -0.2) is 4.39 Å². The van der Waals surface area contributed by atoms with Gasteiger partial charge in [-0.3, -0.25) is 0 Å². The lowest BCUT2D eigenvalue weighted by Crippen LogP contribution is -1.72. The molecule has 0 heterocycles. The molecule has 6 heavy (non-hydrogen) atoms. The quantitative estimate of drug-likeness (QED) is 0.460. The normalized spacial score (nSPS) is 11.3. The van der Waals surface area contributed by atoms with Gasteiger partial charge in [-0.15, -0.1) is 0 Å². The summed E-state index contributed by atoms with van der Waals surface area (Å²) in [5, 5.41) is 0. The van der Waals surface area contributed by atoms with Crippen LogP contribution >= 0.6 is 0 Å². The highest BCUT2D eigenvalue weighted by atomic mass is 19.1. The molecule has 0 radical (unpaired) electrons. The molecule has 0 atom stereocenters. The van der Waals surface area contributed by atoms with Crippen molar-refractivity contribution in [3.8, 4) is 0 Å². The summed E-state index contributed by atoms with van der Waals surface area (Å²) in [7, 11) is 0. The second kappa shape index (κ2) is 2.88. The Labute approximate surface area is 37.7 Å². The molecule has 0 N–H and O–H groups in total. The molecule has 0 aromatic heterocycles. The number of hydrogen-bond acceptors (Lipinski definition) is 0. The fourth-order valence-electron chi connectivity index (χ4n) is 0.145. The fraction of sp³-hybridized carbons (Fsp3) is 0.600. The zero-order valence-corrected chi connectivity index (χ0v) is 4.11. The van der Waals surface area contributed by atoms with Gasteiger partial charge in [-0.05, 0) is 5.92 Å². The maximum absolute atomic E-state index is 11.1. The van der Waals surface area contributed by atoms with Gasteiger partial charge in [0.25, 0.3) is 0 Å². The van der Waals surface area contributed by atoms with E-state index < -0.39 is 0 Å². The van der Waals surface area contributed by atoms with E-state index in [1.54, 1.807) is 0 Å². The van der Waals surface area contributed by atoms with Gasteiger partial charge in [0.1, 0.15) is 0 Å². The minimum absolute atomic E-state index is 0.343. The third-order valence-electron chi connectivity index (χ3n) is 0.458. The molecular formula is C5H9F. The maximum Gasteiger partial charge on any atom is 0.0829 e. The van der Waals surface area contributed by atoms with E-state index >= 15 is 0 Å². The molecule has 0 aliphatic carbocycles. The Morgan fingerprint density at radius 3 is 2.00 bits per heavy atom. The molecular weight excluding hydrogens is 79.1 g/mol. The fourth-order valence-corrected chi connectivity index (χ4v) is 0.145. The molecule has 36 valence electrons. The summed E-state index contributed by atoms with van der Waals surface area (Å²) >= 11 is 0. The van der Waals surface area contributed by atoms with Gasteiger partial charge in [0.2, 0.25) is 0 Å². The van der Waals surface area contributed by atoms with E-state index in [0.29, 0.717) is 12.2 Å². The van der Waals surface area contributed by atoms with Crippen LogP contribution in [-0.2, 0) is 0 Å². The Morgan fingerprint density at radius 1 is 1.50 bits per heavy atom. The summed E-state index contributed by atoms with van der Waals surface area (Å²) in [5.74, 6) is 0.343. The molecule has 0 nitrogen and oxygen atoms in total. The first kappa shape index (κ1) is 5.67. The summed E-state index contributed by atoms with van der Waals surface area (Å²) in [6.07, 6.45) is 2.07. The minimum Gasteiger partial charge on any atom is -0.216 e. The van der Waals surface area contributed by atoms with Crippen LogP contribution in [0.1, 0.15) is 13.8 Å². The van der Waals surface area contributed by atoms with Gasteiger partial charge in [0.05, 0.1) is 6.33 Å². The predicted molar refractivity (Wildman–Crippen MR) is 25.1 cm³/mol. The molecule has 0 saturated carbocycles. The summed E-state index contributed by atoms with van der Waals surface area (Å²) in [6, 6.07) is 0. The summed E-state index contributed by atoms with van der Waals surface area (Å²) in [6.45, 7) is 3.85. The van der Waals surface area contributed by atoms with E-state index in [-0.39, 0.29) is 0 Å². The largest absolute Gasteiger partial charge is 0.216 e. The smallest absolute Gasteiger partial charge is 0.0829 e. The van der Waals surface area contributed by atoms with Crippen LogP contribution in [0.3, 0.4) is 0 Å². The summed E-state index contributed by atoms with van der Waals surface area (Å²) in [4.78, 5) is 0. The number of allylic oxidation sites excluding steroid dienone is 1. The standard InChI is InChI=1S/C5H9F/c1-5(2)3-4-6/h3-5H,1-2H3/b4-3-. The zero-order valence-electron chi connectivity index (χ0n) is 4.11. The monoisotopic (exact) mass is 88.1 g/mol. The van der Waals surface area contributed by atoms with Gasteiger partial charge in [-0.1, -0.05) is 19.9 Å². The Kier molecular flexibility index (Phi) is 2.73. The van der Waals surface area contributed by atoms with Crippen molar-refractivity contribution in [1.82, 2.24) is 0 Å². The third-order valence-corrected chi connectivity index (χ3v) is 0.458. The van der Waals surface area contributed by atoms with E-state index in [0.717, 1.165) is 0 Å². The van der Waals surface area contributed by atoms with Crippen LogP contribution in [0.15, 0.2) is 12.4 Å². The van der Waals surface area contributed by atoms with Crippen molar-refractivity contribution in [2.24, 2.45) is 5.92 Å². The second-order valence-corrected chi connectivity index (χ2v) is 1.56. The molecule has 0 rings (SSSR count). The topological polar surface area (TPSA) is 0 Å². The van der Waals surface area contributed by atoms with Crippen LogP contribution in [0.5, 0.6) is 0 Å². The Bertz CT molecular complexity index is 45.9. The molecule has 0 aliphatic heterocycles. The van der Waals surface area contributed by atoms with Gasteiger partial charge in [0, 0.05) is 0 Å². The van der Waals surface area contributed by atoms with Crippen LogP contribution < -0.4 is 0 Å². The van der Waals surface area contributed by atoms with Crippen molar-refractivity contribution >= 4 is 0 Å². The van der Waals surface area contributed by atoms with Crippen molar-refractivity contribution in [1.29, 1.82) is 0 Å². The Balaban J connectivity index is 3.03. The highest BCUT2D eigenvalue weighted by Gasteiger charge is 1.78. The lowest BCUT2D eigenvalue weighted by molar-refractivity contribution is 0.695. The van der Waals surface area contributed by atoms with Gasteiger partial charge < -0.3 is 0 Å². The molecule has 1 heteroatoms. The third kappa shape index (κ3) is 3.67. The van der Waals surface area contributed by atoms with E-state index in [1.165, 1.54) is 6.08 Å². The SMILES string of the molecule is CC(C)/C=C\F. The first-order chi connectivity index (χ1) is 2.77. The van der Waals surface area contributed by atoms with Crippen LogP contribution in [0.25, 0.3) is 0 Å². The van der Waals surface area contributed by atoms with Crippen molar-refractivity contribution in [3.63, 3.8) is 0 Å². The number of rotatable bonds is 1. The van der Waals surface area contributed by atoms with Crippen molar-refractivity contribution in [2.75, 3.05) is 0 Å². The molecule has 0 bridgehead atoms. The highest BCUT2D eigenvalue weighted by Crippen LogP contribution is 1.91. The summed E-state index contributed by atoms with van der Waals surface area (Å²) < 4.78 is 11.1. The molecule has 0 spiro atoms. The molecule has 0 aromatic carbocycles. The molecule has 0 aromatic rings. The van der Waals surface area contributed by atoms with Crippen molar-refractivity contribution in [3.05, 3.63) is 12.4 Å². The first-order valence-corrected chi connectivity index (χ1v) is 2.04. The predicted octanol–water partition coefficient (Wildman–Crippen LogP) is 2.13. The van der Waals surface area contributed by atoms with Crippen LogP contribution in [-0.4, -0.2) is 0 Å². The minimum atomic E-state index is 0.343. The average Bonchev–Trinajstić information content (AvgIpc) is 1.35. The number of hydrogen-bond donors (Lipinski definition) is 0. The molecule has 0 aliphatic rings. The zero-order chi connectivity index (χ0) is 4.99. The maximum atomic E-state index is 11.1. The van der Waals surface area contributed by atoms with E-state index in [1.807, 2.05) is 13.8 Å². The van der Waals surface area contributed by atoms with E-state index in [9.17, 15) is 4.39 Å². The molecule has 0 amide bonds. The van der Waals surface area contributed by atoms with Gasteiger partial charge in [0.15, 0.2) is 0 Å². The van der Waals surface area contributed by atoms with Crippen LogP contribution in [0, 0.1) is 5.92 Å². The molecule has 0 fully saturated rings. The molecule has 0 saturated heterocycles. The van der Waals surface area contributed by atoms with Crippen molar-refractivity contribution < 1.29 is 4.39 Å². The van der Waals surface area contributed by atoms with E-state index in [2.05, 4.69) is 0 Å². The lowest BCUT2D eigenvalue weighted by Gasteiger charge is -1.85. The van der Waals surface area contributed by atoms with E-state index in [4.69, 9.17) is 0 Å². The highest BCUT2D eigenvalue weighted by molar-refractivity contribution is 4.74. The van der Waals surface area contributed by atoms with Crippen LogP contribution in [0.4, 0.5) is 4.39 Å². The second-order valence-electron chi connectivity index (χ2n) is 1.56. The first-order valence-electron chi connectivity index (χ1n) is 2.04. The Hall–Kier alpha value is -0.330. The van der Waals surface area contributed by atoms with Gasteiger partial charge in [-0.2, -0.15) is 0 Å². The van der Waals surface area contributed by atoms with Crippen LogP contribution in [0.2, 0.25) is 0 Å². The average molecular weight is 88.1 g/mol. The summed E-state index contributed by atoms with van der Waals surface area (Å²) in [5.41, 5.74) is 0.